The third-order valence-corrected chi connectivity index (χ3v) is 4.74. The van der Waals surface area contributed by atoms with E-state index in [1.165, 1.54) is 12.8 Å². The molecule has 2 nitrogen and oxygen atoms in total. The number of hydrogen-bond donors (Lipinski definition) is 0. The Morgan fingerprint density at radius 2 is 1.87 bits per heavy atom. The zero-order chi connectivity index (χ0) is 9.99. The van der Waals surface area contributed by atoms with E-state index in [4.69, 9.17) is 0 Å². The van der Waals surface area contributed by atoms with Crippen molar-refractivity contribution in [2.24, 2.45) is 29.6 Å². The van der Waals surface area contributed by atoms with Crippen molar-refractivity contribution in [2.75, 3.05) is 0 Å². The molecule has 0 aliphatic heterocycles. The number of aromatic nitrogens is 1. The second-order valence-electron chi connectivity index (χ2n) is 5.26. The fraction of sp³-hybridized carbons (Fsp3) is 0.538. The summed E-state index contributed by atoms with van der Waals surface area (Å²) in [6.07, 6.45) is 6.10. The van der Waals surface area contributed by atoms with Gasteiger partial charge in [0.1, 0.15) is 0 Å². The standard InChI is InChI=1S/C13H13NO/c15-13(7-1-3-14-4-2-7)11-8-5-9-10(6-8)12(9)11/h1-4,8-12H,5-6H2. The van der Waals surface area contributed by atoms with Crippen LogP contribution in [0.2, 0.25) is 0 Å². The Hall–Kier alpha value is -1.18. The molecule has 0 aromatic carbocycles. The number of carbonyl (C=O) groups excluding carboxylic acids is 1. The summed E-state index contributed by atoms with van der Waals surface area (Å²) in [6, 6.07) is 3.71. The van der Waals surface area contributed by atoms with E-state index in [1.807, 2.05) is 12.1 Å². The van der Waals surface area contributed by atoms with E-state index in [0.29, 0.717) is 17.6 Å². The molecule has 4 aliphatic rings. The molecule has 3 unspecified atom stereocenters. The number of nitrogens with zero attached hydrogens (tertiary/aromatic N) is 1. The van der Waals surface area contributed by atoms with Gasteiger partial charge in [-0.15, -0.1) is 0 Å². The Balaban J connectivity index is 1.67. The fourth-order valence-corrected chi connectivity index (χ4v) is 4.17. The number of hydrogen-bond acceptors (Lipinski definition) is 2. The molecule has 3 atom stereocenters. The summed E-state index contributed by atoms with van der Waals surface area (Å²) >= 11 is 0. The van der Waals surface area contributed by atoms with Crippen LogP contribution in [0.4, 0.5) is 0 Å². The lowest BCUT2D eigenvalue weighted by molar-refractivity contribution is 0.0892. The van der Waals surface area contributed by atoms with Crippen LogP contribution in [0.5, 0.6) is 0 Å². The van der Waals surface area contributed by atoms with Crippen molar-refractivity contribution in [3.63, 3.8) is 0 Å². The van der Waals surface area contributed by atoms with Gasteiger partial charge in [-0.3, -0.25) is 9.78 Å². The van der Waals surface area contributed by atoms with E-state index >= 15 is 0 Å². The molecule has 1 aromatic rings. The number of rotatable bonds is 2. The molecular formula is C13H13NO. The van der Waals surface area contributed by atoms with Crippen LogP contribution in [0, 0.1) is 29.6 Å². The quantitative estimate of drug-likeness (QED) is 0.683. The Kier molecular flexibility index (Phi) is 1.33. The van der Waals surface area contributed by atoms with Gasteiger partial charge in [-0.05, 0) is 48.6 Å². The van der Waals surface area contributed by atoms with E-state index < -0.39 is 0 Å². The normalized spacial score (nSPS) is 44.4. The Morgan fingerprint density at radius 3 is 2.40 bits per heavy atom. The van der Waals surface area contributed by atoms with Crippen LogP contribution >= 0.6 is 0 Å². The summed E-state index contributed by atoms with van der Waals surface area (Å²) < 4.78 is 0. The predicted octanol–water partition coefficient (Wildman–Crippen LogP) is 2.17. The first-order valence-corrected chi connectivity index (χ1v) is 5.80. The first kappa shape index (κ1) is 8.03. The smallest absolute Gasteiger partial charge is 0.166 e. The van der Waals surface area contributed by atoms with Crippen LogP contribution in [0.15, 0.2) is 24.5 Å². The minimum absolute atomic E-state index is 0.363. The molecule has 4 bridgehead atoms. The van der Waals surface area contributed by atoms with Crippen molar-refractivity contribution in [1.29, 1.82) is 0 Å². The van der Waals surface area contributed by atoms with Gasteiger partial charge in [-0.25, -0.2) is 0 Å². The maximum Gasteiger partial charge on any atom is 0.166 e. The maximum absolute atomic E-state index is 12.3. The monoisotopic (exact) mass is 199 g/mol. The molecule has 4 aliphatic carbocycles. The van der Waals surface area contributed by atoms with E-state index in [1.54, 1.807) is 12.4 Å². The highest BCUT2D eigenvalue weighted by Gasteiger charge is 2.69. The summed E-state index contributed by atoms with van der Waals surface area (Å²) in [5, 5.41) is 0. The average molecular weight is 199 g/mol. The summed E-state index contributed by atoms with van der Waals surface area (Å²) in [7, 11) is 0. The number of carbonyl (C=O) groups is 1. The molecule has 0 spiro atoms. The lowest BCUT2D eigenvalue weighted by Gasteiger charge is -2.12. The number of pyridine rings is 1. The Labute approximate surface area is 88.7 Å². The summed E-state index contributed by atoms with van der Waals surface area (Å²) in [5.74, 6) is 4.07. The molecule has 0 amide bonds. The molecule has 0 radical (unpaired) electrons. The van der Waals surface area contributed by atoms with Crippen molar-refractivity contribution in [2.45, 2.75) is 12.8 Å². The van der Waals surface area contributed by atoms with Gasteiger partial charge >= 0.3 is 0 Å². The molecule has 2 heteroatoms. The Bertz CT molecular complexity index is 413. The molecule has 4 fully saturated rings. The molecule has 5 rings (SSSR count). The van der Waals surface area contributed by atoms with Crippen LogP contribution in [-0.2, 0) is 0 Å². The molecule has 1 aromatic heterocycles. The van der Waals surface area contributed by atoms with Gasteiger partial charge in [-0.1, -0.05) is 0 Å². The van der Waals surface area contributed by atoms with Gasteiger partial charge in [0.2, 0.25) is 0 Å². The number of Topliss-reactive ketones (excluding diaryl/α,β-unsaturated/α-hetero) is 1. The summed E-state index contributed by atoms with van der Waals surface area (Å²) in [4.78, 5) is 16.3. The average Bonchev–Trinajstić information content (AvgIpc) is 2.73. The fourth-order valence-electron chi connectivity index (χ4n) is 4.17. The number of ketones is 1. The topological polar surface area (TPSA) is 30.0 Å². The van der Waals surface area contributed by atoms with Crippen LogP contribution < -0.4 is 0 Å². The zero-order valence-corrected chi connectivity index (χ0v) is 8.47. The van der Waals surface area contributed by atoms with Crippen molar-refractivity contribution in [3.8, 4) is 0 Å². The first-order chi connectivity index (χ1) is 7.36. The molecular weight excluding hydrogens is 186 g/mol. The second kappa shape index (κ2) is 2.49. The molecule has 76 valence electrons. The molecule has 0 N–H and O–H groups in total. The van der Waals surface area contributed by atoms with E-state index in [2.05, 4.69) is 4.98 Å². The lowest BCUT2D eigenvalue weighted by Crippen LogP contribution is -2.18. The molecule has 0 saturated heterocycles. The summed E-state index contributed by atoms with van der Waals surface area (Å²) in [5.41, 5.74) is 0.869. The Morgan fingerprint density at radius 1 is 1.20 bits per heavy atom. The van der Waals surface area contributed by atoms with Gasteiger partial charge in [0.15, 0.2) is 5.78 Å². The van der Waals surface area contributed by atoms with E-state index in [9.17, 15) is 4.79 Å². The highest BCUT2D eigenvalue weighted by Crippen LogP contribution is 2.73. The van der Waals surface area contributed by atoms with E-state index in [0.717, 1.165) is 23.3 Å². The third-order valence-electron chi connectivity index (χ3n) is 4.74. The zero-order valence-electron chi connectivity index (χ0n) is 8.47. The van der Waals surface area contributed by atoms with Crippen molar-refractivity contribution in [3.05, 3.63) is 30.1 Å². The van der Waals surface area contributed by atoms with Crippen LogP contribution in [0.3, 0.4) is 0 Å². The van der Waals surface area contributed by atoms with Gasteiger partial charge in [0.25, 0.3) is 0 Å². The predicted molar refractivity (Wildman–Crippen MR) is 55.3 cm³/mol. The molecule has 1 heterocycles. The highest BCUT2D eigenvalue weighted by atomic mass is 16.1. The minimum atomic E-state index is 0.363. The SMILES string of the molecule is O=C(c1ccncc1)C1C2CC3C(C2)C31. The van der Waals surface area contributed by atoms with Crippen LogP contribution in [0.1, 0.15) is 23.2 Å². The maximum atomic E-state index is 12.3. The van der Waals surface area contributed by atoms with Crippen LogP contribution in [-0.4, -0.2) is 10.8 Å². The highest BCUT2D eigenvalue weighted by molar-refractivity contribution is 5.99. The van der Waals surface area contributed by atoms with Gasteiger partial charge < -0.3 is 0 Å². The molecule has 15 heavy (non-hydrogen) atoms. The van der Waals surface area contributed by atoms with Crippen LogP contribution in [0.25, 0.3) is 0 Å². The summed E-state index contributed by atoms with van der Waals surface area (Å²) in [6.45, 7) is 0. The van der Waals surface area contributed by atoms with Crippen molar-refractivity contribution < 1.29 is 4.79 Å². The first-order valence-electron chi connectivity index (χ1n) is 5.80. The molecule has 4 saturated carbocycles. The largest absolute Gasteiger partial charge is 0.294 e. The van der Waals surface area contributed by atoms with Gasteiger partial charge in [-0.2, -0.15) is 0 Å². The minimum Gasteiger partial charge on any atom is -0.294 e. The van der Waals surface area contributed by atoms with E-state index in [-0.39, 0.29) is 0 Å². The van der Waals surface area contributed by atoms with Gasteiger partial charge in [0.05, 0.1) is 0 Å². The second-order valence-corrected chi connectivity index (χ2v) is 5.26. The lowest BCUT2D eigenvalue weighted by atomic mass is 9.90. The third kappa shape index (κ3) is 0.901. The van der Waals surface area contributed by atoms with Crippen molar-refractivity contribution in [1.82, 2.24) is 4.98 Å². The van der Waals surface area contributed by atoms with Gasteiger partial charge in [0, 0.05) is 23.9 Å². The van der Waals surface area contributed by atoms with Crippen molar-refractivity contribution >= 4 is 5.78 Å².